The number of benzene rings is 2. The van der Waals surface area contributed by atoms with E-state index < -0.39 is 15.7 Å². The highest BCUT2D eigenvalue weighted by Crippen LogP contribution is 2.29. The molecular weight excluding hydrogens is 330 g/mol. The van der Waals surface area contributed by atoms with E-state index >= 15 is 0 Å². The van der Waals surface area contributed by atoms with Gasteiger partial charge in [0.2, 0.25) is 0 Å². The van der Waals surface area contributed by atoms with Crippen molar-refractivity contribution in [3.05, 3.63) is 71.8 Å². The van der Waals surface area contributed by atoms with E-state index in [0.29, 0.717) is 12.0 Å². The zero-order valence-electron chi connectivity index (χ0n) is 15.4. The van der Waals surface area contributed by atoms with Gasteiger partial charge in [-0.05, 0) is 32.8 Å². The summed E-state index contributed by atoms with van der Waals surface area (Å²) in [5.74, 6) is -0.202. The van der Waals surface area contributed by atoms with Gasteiger partial charge in [-0.15, -0.1) is 0 Å². The third-order valence-electron chi connectivity index (χ3n) is 4.19. The summed E-state index contributed by atoms with van der Waals surface area (Å²) in [7, 11) is -1.27. The van der Waals surface area contributed by atoms with Crippen molar-refractivity contribution < 1.29 is 9.00 Å². The molecule has 3 atom stereocenters. The van der Waals surface area contributed by atoms with Gasteiger partial charge in [0, 0.05) is 11.5 Å². The van der Waals surface area contributed by atoms with Crippen LogP contribution in [0, 0.1) is 5.92 Å². The predicted molar refractivity (Wildman–Crippen MR) is 105 cm³/mol. The quantitative estimate of drug-likeness (QED) is 0.731. The molecule has 0 aromatic heterocycles. The summed E-state index contributed by atoms with van der Waals surface area (Å²) in [6.07, 6.45) is 0.668. The van der Waals surface area contributed by atoms with Gasteiger partial charge in [0.05, 0.1) is 21.8 Å². The van der Waals surface area contributed by atoms with Crippen molar-refractivity contribution in [2.24, 2.45) is 5.92 Å². The molecule has 0 radical (unpaired) electrons. The van der Waals surface area contributed by atoms with Gasteiger partial charge in [-0.3, -0.25) is 4.79 Å². The average molecular weight is 358 g/mol. The van der Waals surface area contributed by atoms with Crippen LogP contribution in [-0.4, -0.2) is 14.7 Å². The molecule has 1 unspecified atom stereocenters. The zero-order chi connectivity index (χ0) is 18.4. The SMILES string of the molecule is CC[C@@H](C(=O)c1ccccc1)[C@@H](NS(=O)C(C)(C)C)c1ccccc1. The van der Waals surface area contributed by atoms with Crippen LogP contribution in [0.5, 0.6) is 0 Å². The van der Waals surface area contributed by atoms with Crippen molar-refractivity contribution in [2.75, 3.05) is 0 Å². The van der Waals surface area contributed by atoms with E-state index in [0.717, 1.165) is 5.56 Å². The highest BCUT2D eigenvalue weighted by Gasteiger charge is 2.32. The molecule has 4 heteroatoms. The first-order chi connectivity index (χ1) is 11.8. The van der Waals surface area contributed by atoms with Crippen molar-refractivity contribution in [2.45, 2.75) is 44.9 Å². The minimum absolute atomic E-state index is 0.0790. The number of carbonyl (C=O) groups excluding carboxylic acids is 1. The molecule has 0 bridgehead atoms. The molecule has 25 heavy (non-hydrogen) atoms. The summed E-state index contributed by atoms with van der Waals surface area (Å²) in [4.78, 5) is 13.1. The zero-order valence-corrected chi connectivity index (χ0v) is 16.2. The second-order valence-electron chi connectivity index (χ2n) is 7.13. The number of nitrogens with one attached hydrogen (secondary N) is 1. The van der Waals surface area contributed by atoms with Gasteiger partial charge in [0.15, 0.2) is 5.78 Å². The highest BCUT2D eigenvalue weighted by atomic mass is 32.2. The van der Waals surface area contributed by atoms with Crippen molar-refractivity contribution in [1.82, 2.24) is 4.72 Å². The van der Waals surface area contributed by atoms with E-state index in [2.05, 4.69) is 4.72 Å². The lowest BCUT2D eigenvalue weighted by molar-refractivity contribution is 0.0892. The van der Waals surface area contributed by atoms with Crippen LogP contribution >= 0.6 is 0 Å². The van der Waals surface area contributed by atoms with Gasteiger partial charge in [-0.1, -0.05) is 67.6 Å². The first kappa shape index (κ1) is 19.5. The molecule has 0 saturated carbocycles. The summed E-state index contributed by atoms with van der Waals surface area (Å²) < 4.78 is 15.5. The fraction of sp³-hybridized carbons (Fsp3) is 0.381. The molecule has 3 nitrogen and oxygen atoms in total. The number of carbonyl (C=O) groups is 1. The van der Waals surface area contributed by atoms with Gasteiger partial charge >= 0.3 is 0 Å². The summed E-state index contributed by atoms with van der Waals surface area (Å²) >= 11 is 0. The topological polar surface area (TPSA) is 46.2 Å². The van der Waals surface area contributed by atoms with Crippen LogP contribution in [0.1, 0.15) is 56.1 Å². The van der Waals surface area contributed by atoms with E-state index in [1.165, 1.54) is 0 Å². The lowest BCUT2D eigenvalue weighted by Crippen LogP contribution is -2.40. The second-order valence-corrected chi connectivity index (χ2v) is 9.13. The Morgan fingerprint density at radius 2 is 1.52 bits per heavy atom. The molecule has 0 spiro atoms. The molecule has 0 aliphatic carbocycles. The van der Waals surface area contributed by atoms with Crippen LogP contribution in [0.2, 0.25) is 0 Å². The minimum atomic E-state index is -1.27. The standard InChI is InChI=1S/C21H27NO2S/c1-5-18(20(23)17-14-10-7-11-15-17)19(16-12-8-6-9-13-16)22-25(24)21(2,3)4/h6-15,18-19,22H,5H2,1-4H3/t18-,19+,25?/m1/s1. The largest absolute Gasteiger partial charge is 0.294 e. The predicted octanol–water partition coefficient (Wildman–Crippen LogP) is 4.69. The van der Waals surface area contributed by atoms with Crippen LogP contribution in [-0.2, 0) is 11.0 Å². The summed E-state index contributed by atoms with van der Waals surface area (Å²) in [6.45, 7) is 7.79. The van der Waals surface area contributed by atoms with Crippen LogP contribution in [0.3, 0.4) is 0 Å². The first-order valence-corrected chi connectivity index (χ1v) is 9.81. The lowest BCUT2D eigenvalue weighted by atomic mass is 9.85. The molecule has 0 amide bonds. The van der Waals surface area contributed by atoms with Crippen LogP contribution in [0.4, 0.5) is 0 Å². The number of Topliss-reactive ketones (excluding diaryl/α,β-unsaturated/α-hetero) is 1. The Kier molecular flexibility index (Phi) is 6.68. The molecule has 0 aliphatic heterocycles. The van der Waals surface area contributed by atoms with Crippen molar-refractivity contribution in [1.29, 1.82) is 0 Å². The molecule has 2 aromatic rings. The minimum Gasteiger partial charge on any atom is -0.294 e. The van der Waals surface area contributed by atoms with E-state index in [1.54, 1.807) is 0 Å². The van der Waals surface area contributed by atoms with Crippen molar-refractivity contribution >= 4 is 16.8 Å². The van der Waals surface area contributed by atoms with Gasteiger partial charge < -0.3 is 0 Å². The molecule has 134 valence electrons. The second kappa shape index (κ2) is 8.54. The molecule has 1 N–H and O–H groups in total. The van der Waals surface area contributed by atoms with E-state index in [-0.39, 0.29) is 17.7 Å². The number of ketones is 1. The number of hydrogen-bond acceptors (Lipinski definition) is 2. The van der Waals surface area contributed by atoms with E-state index in [4.69, 9.17) is 0 Å². The van der Waals surface area contributed by atoms with Crippen LogP contribution in [0.15, 0.2) is 60.7 Å². The number of rotatable bonds is 7. The Bertz CT molecular complexity index is 708. The molecular formula is C21H27NO2S. The van der Waals surface area contributed by atoms with E-state index in [1.807, 2.05) is 88.4 Å². The Morgan fingerprint density at radius 3 is 2.00 bits per heavy atom. The van der Waals surface area contributed by atoms with Gasteiger partial charge in [0.1, 0.15) is 0 Å². The molecule has 2 rings (SSSR count). The summed E-state index contributed by atoms with van der Waals surface area (Å²) in [5, 5.41) is 0. The summed E-state index contributed by atoms with van der Waals surface area (Å²) in [6, 6.07) is 18.8. The molecule has 2 aromatic carbocycles. The monoisotopic (exact) mass is 357 g/mol. The van der Waals surface area contributed by atoms with E-state index in [9.17, 15) is 9.00 Å². The third-order valence-corrected chi connectivity index (χ3v) is 5.77. The maximum absolute atomic E-state index is 13.1. The van der Waals surface area contributed by atoms with Gasteiger partial charge in [-0.2, -0.15) is 0 Å². The average Bonchev–Trinajstić information content (AvgIpc) is 2.61. The number of hydrogen-bond donors (Lipinski definition) is 1. The smallest absolute Gasteiger partial charge is 0.167 e. The Morgan fingerprint density at radius 1 is 1.00 bits per heavy atom. The Labute approximate surface area is 153 Å². The fourth-order valence-electron chi connectivity index (χ4n) is 2.72. The molecule has 0 fully saturated rings. The first-order valence-electron chi connectivity index (χ1n) is 8.67. The van der Waals surface area contributed by atoms with Crippen molar-refractivity contribution in [3.63, 3.8) is 0 Å². The Hall–Kier alpha value is -1.78. The molecule has 0 saturated heterocycles. The highest BCUT2D eigenvalue weighted by molar-refractivity contribution is 7.84. The fourth-order valence-corrected chi connectivity index (χ4v) is 3.61. The maximum Gasteiger partial charge on any atom is 0.167 e. The third kappa shape index (κ3) is 5.10. The van der Waals surface area contributed by atoms with Crippen molar-refractivity contribution in [3.8, 4) is 0 Å². The van der Waals surface area contributed by atoms with Crippen LogP contribution < -0.4 is 4.72 Å². The maximum atomic E-state index is 13.1. The molecule has 0 aliphatic rings. The van der Waals surface area contributed by atoms with Gasteiger partial charge in [-0.25, -0.2) is 8.93 Å². The lowest BCUT2D eigenvalue weighted by Gasteiger charge is -2.29. The van der Waals surface area contributed by atoms with Crippen LogP contribution in [0.25, 0.3) is 0 Å². The summed E-state index contributed by atoms with van der Waals surface area (Å²) in [5.41, 5.74) is 1.68. The normalized spacial score (nSPS) is 15.4. The van der Waals surface area contributed by atoms with Gasteiger partial charge in [0.25, 0.3) is 0 Å². The Balaban J connectivity index is 2.38. The molecule has 0 heterocycles.